The van der Waals surface area contributed by atoms with E-state index < -0.39 is 0 Å². The lowest BCUT2D eigenvalue weighted by Crippen LogP contribution is -2.43. The monoisotopic (exact) mass is 324 g/mol. The number of aromatic hydroxyl groups is 1. The zero-order chi connectivity index (χ0) is 16.5. The first-order valence-corrected chi connectivity index (χ1v) is 9.11. The summed E-state index contributed by atoms with van der Waals surface area (Å²) in [6.07, 6.45) is 5.66. The lowest BCUT2D eigenvalue weighted by Gasteiger charge is -2.49. The standard InChI is InChI=1S/C20H24N2O2/c1-20-7-6-14-13-5-3-12(24)8-11(13)2-4-15(14)17(20)9-16-18(10-23)21-22-19(16)20/h3,5,8,14-15,17,23-24H,2,4,6-7,9-10H2,1H3,(H,21,22)/t14-,15-,17+,20+/m1/s1. The van der Waals surface area contributed by atoms with Gasteiger partial charge in [0.1, 0.15) is 5.75 Å². The van der Waals surface area contributed by atoms with E-state index in [2.05, 4.69) is 23.2 Å². The number of aliphatic hydroxyl groups excluding tert-OH is 1. The van der Waals surface area contributed by atoms with Crippen LogP contribution in [-0.4, -0.2) is 20.4 Å². The summed E-state index contributed by atoms with van der Waals surface area (Å²) in [5, 5.41) is 27.0. The zero-order valence-corrected chi connectivity index (χ0v) is 14.0. The summed E-state index contributed by atoms with van der Waals surface area (Å²) in [4.78, 5) is 0. The van der Waals surface area contributed by atoms with Crippen LogP contribution in [0, 0.1) is 11.8 Å². The van der Waals surface area contributed by atoms with E-state index in [4.69, 9.17) is 0 Å². The molecule has 1 fully saturated rings. The van der Waals surface area contributed by atoms with E-state index in [9.17, 15) is 10.2 Å². The quantitative estimate of drug-likeness (QED) is 0.754. The highest BCUT2D eigenvalue weighted by molar-refractivity contribution is 5.44. The number of benzene rings is 1. The summed E-state index contributed by atoms with van der Waals surface area (Å²) in [5.74, 6) is 2.30. The van der Waals surface area contributed by atoms with Crippen molar-refractivity contribution in [1.29, 1.82) is 0 Å². The van der Waals surface area contributed by atoms with Crippen molar-refractivity contribution >= 4 is 0 Å². The molecule has 24 heavy (non-hydrogen) atoms. The van der Waals surface area contributed by atoms with Gasteiger partial charge >= 0.3 is 0 Å². The number of nitrogens with one attached hydrogen (secondary N) is 1. The van der Waals surface area contributed by atoms with Gasteiger partial charge in [0.15, 0.2) is 0 Å². The van der Waals surface area contributed by atoms with Crippen molar-refractivity contribution in [3.63, 3.8) is 0 Å². The van der Waals surface area contributed by atoms with Crippen molar-refractivity contribution in [2.24, 2.45) is 11.8 Å². The first-order valence-electron chi connectivity index (χ1n) is 9.11. The van der Waals surface area contributed by atoms with Crippen molar-refractivity contribution in [3.05, 3.63) is 46.3 Å². The molecule has 0 bridgehead atoms. The van der Waals surface area contributed by atoms with E-state index in [0.29, 0.717) is 23.5 Å². The highest BCUT2D eigenvalue weighted by Crippen LogP contribution is 2.60. The molecular formula is C20H24N2O2. The number of aromatic nitrogens is 2. The molecular weight excluding hydrogens is 300 g/mol. The summed E-state index contributed by atoms with van der Waals surface area (Å²) in [6, 6.07) is 5.96. The molecule has 0 radical (unpaired) electrons. The topological polar surface area (TPSA) is 69.1 Å². The normalized spacial score (nSPS) is 33.5. The molecule has 126 valence electrons. The predicted molar refractivity (Wildman–Crippen MR) is 90.9 cm³/mol. The van der Waals surface area contributed by atoms with Crippen LogP contribution in [0.15, 0.2) is 18.2 Å². The third kappa shape index (κ3) is 1.75. The van der Waals surface area contributed by atoms with Gasteiger partial charge in [-0.15, -0.1) is 0 Å². The van der Waals surface area contributed by atoms with E-state index in [-0.39, 0.29) is 12.0 Å². The largest absolute Gasteiger partial charge is 0.508 e. The van der Waals surface area contributed by atoms with E-state index in [1.165, 1.54) is 35.2 Å². The number of hydrogen-bond donors (Lipinski definition) is 3. The molecule has 0 amide bonds. The van der Waals surface area contributed by atoms with E-state index in [0.717, 1.165) is 25.0 Å². The molecule has 3 N–H and O–H groups in total. The molecule has 0 unspecified atom stereocenters. The Balaban J connectivity index is 1.55. The van der Waals surface area contributed by atoms with Gasteiger partial charge in [0.2, 0.25) is 0 Å². The number of hydrogen-bond acceptors (Lipinski definition) is 3. The van der Waals surface area contributed by atoms with Gasteiger partial charge < -0.3 is 10.2 Å². The van der Waals surface area contributed by atoms with Crippen molar-refractivity contribution in [2.75, 3.05) is 0 Å². The fraction of sp³-hybridized carbons (Fsp3) is 0.550. The van der Waals surface area contributed by atoms with Crippen LogP contribution in [0.5, 0.6) is 5.75 Å². The van der Waals surface area contributed by atoms with Crippen molar-refractivity contribution in [1.82, 2.24) is 10.2 Å². The molecule has 0 saturated heterocycles. The molecule has 3 aliphatic rings. The molecule has 1 heterocycles. The number of rotatable bonds is 1. The Kier molecular flexibility index (Phi) is 2.94. The smallest absolute Gasteiger partial charge is 0.115 e. The minimum Gasteiger partial charge on any atom is -0.508 e. The minimum absolute atomic E-state index is 0.0569. The summed E-state index contributed by atoms with van der Waals surface area (Å²) in [7, 11) is 0. The summed E-state index contributed by atoms with van der Waals surface area (Å²) in [6.45, 7) is 2.44. The Morgan fingerprint density at radius 2 is 2.21 bits per heavy atom. The van der Waals surface area contributed by atoms with Crippen LogP contribution in [-0.2, 0) is 24.9 Å². The predicted octanol–water partition coefficient (Wildman–Crippen LogP) is 3.18. The molecule has 5 rings (SSSR count). The first kappa shape index (κ1) is 14.5. The summed E-state index contributed by atoms with van der Waals surface area (Å²) in [5.41, 5.74) is 6.35. The van der Waals surface area contributed by atoms with E-state index >= 15 is 0 Å². The van der Waals surface area contributed by atoms with Crippen LogP contribution < -0.4 is 0 Å². The molecule has 1 aromatic carbocycles. The Morgan fingerprint density at radius 1 is 1.33 bits per heavy atom. The second-order valence-corrected chi connectivity index (χ2v) is 8.15. The summed E-state index contributed by atoms with van der Waals surface area (Å²) >= 11 is 0. The second-order valence-electron chi connectivity index (χ2n) is 8.15. The fourth-order valence-corrected chi connectivity index (χ4v) is 6.00. The maximum Gasteiger partial charge on any atom is 0.115 e. The van der Waals surface area contributed by atoms with Crippen LogP contribution >= 0.6 is 0 Å². The number of nitrogens with zero attached hydrogens (tertiary/aromatic N) is 1. The number of aliphatic hydroxyl groups is 1. The fourth-order valence-electron chi connectivity index (χ4n) is 6.00. The van der Waals surface area contributed by atoms with E-state index in [1.54, 1.807) is 0 Å². The Hall–Kier alpha value is -1.81. The zero-order valence-electron chi connectivity index (χ0n) is 14.0. The Bertz CT molecular complexity index is 812. The van der Waals surface area contributed by atoms with Gasteiger partial charge in [0.05, 0.1) is 18.0 Å². The maximum absolute atomic E-state index is 9.79. The van der Waals surface area contributed by atoms with Gasteiger partial charge in [0.25, 0.3) is 0 Å². The highest BCUT2D eigenvalue weighted by Gasteiger charge is 2.54. The summed E-state index contributed by atoms with van der Waals surface area (Å²) < 4.78 is 0. The van der Waals surface area contributed by atoms with Crippen molar-refractivity contribution in [2.45, 2.75) is 57.0 Å². The van der Waals surface area contributed by atoms with Crippen LogP contribution in [0.25, 0.3) is 0 Å². The number of aromatic amines is 1. The second kappa shape index (κ2) is 4.85. The number of fused-ring (bicyclic) bond motifs is 7. The van der Waals surface area contributed by atoms with Gasteiger partial charge in [-0.1, -0.05) is 13.0 Å². The number of aryl methyl sites for hydroxylation is 1. The average molecular weight is 324 g/mol. The van der Waals surface area contributed by atoms with Gasteiger partial charge in [-0.05, 0) is 78.7 Å². The average Bonchev–Trinajstić information content (AvgIpc) is 3.12. The Morgan fingerprint density at radius 3 is 3.04 bits per heavy atom. The molecule has 0 spiro atoms. The third-order valence-corrected chi connectivity index (χ3v) is 7.18. The maximum atomic E-state index is 9.79. The molecule has 4 heteroatoms. The first-order chi connectivity index (χ1) is 11.6. The number of H-pyrrole nitrogens is 1. The lowest BCUT2D eigenvalue weighted by atomic mass is 9.55. The lowest BCUT2D eigenvalue weighted by molar-refractivity contribution is 0.103. The van der Waals surface area contributed by atoms with Gasteiger partial charge in [0, 0.05) is 5.41 Å². The SMILES string of the molecule is C[C@]12CC[C@@H]3c4ccc(O)cc4CC[C@H]3[C@@H]1Cc1c2n[nH]c1CO. The number of phenolic OH excluding ortho intramolecular Hbond substituents is 1. The van der Waals surface area contributed by atoms with Gasteiger partial charge in [-0.2, -0.15) is 5.10 Å². The van der Waals surface area contributed by atoms with Crippen LogP contribution in [0.1, 0.15) is 60.2 Å². The van der Waals surface area contributed by atoms with Crippen molar-refractivity contribution < 1.29 is 10.2 Å². The highest BCUT2D eigenvalue weighted by atomic mass is 16.3. The number of phenols is 1. The van der Waals surface area contributed by atoms with E-state index in [1.807, 2.05) is 12.1 Å². The van der Waals surface area contributed by atoms with Crippen LogP contribution in [0.4, 0.5) is 0 Å². The minimum atomic E-state index is 0.0569. The third-order valence-electron chi connectivity index (χ3n) is 7.18. The van der Waals surface area contributed by atoms with Crippen LogP contribution in [0.3, 0.4) is 0 Å². The molecule has 1 saturated carbocycles. The molecule has 0 aliphatic heterocycles. The van der Waals surface area contributed by atoms with Crippen LogP contribution in [0.2, 0.25) is 0 Å². The molecule has 4 atom stereocenters. The Labute approximate surface area is 141 Å². The van der Waals surface area contributed by atoms with Crippen molar-refractivity contribution in [3.8, 4) is 5.75 Å². The molecule has 1 aromatic heterocycles. The van der Waals surface area contributed by atoms with Gasteiger partial charge in [-0.25, -0.2) is 0 Å². The molecule has 2 aromatic rings. The molecule has 4 nitrogen and oxygen atoms in total. The van der Waals surface area contributed by atoms with Gasteiger partial charge in [-0.3, -0.25) is 5.10 Å². The molecule has 3 aliphatic carbocycles.